The summed E-state index contributed by atoms with van der Waals surface area (Å²) in [4.78, 5) is 16.2. The molecular weight excluding hydrogens is 318 g/mol. The van der Waals surface area contributed by atoms with Crippen LogP contribution >= 0.6 is 22.9 Å². The maximum absolute atomic E-state index is 11.9. The number of para-hydroxylation sites is 1. The number of carbonyl (C=O) groups is 1. The number of carbonyl (C=O) groups excluding carboxylic acids is 1. The summed E-state index contributed by atoms with van der Waals surface area (Å²) in [5, 5.41) is 6.70. The van der Waals surface area contributed by atoms with Crippen molar-refractivity contribution >= 4 is 44.3 Å². The number of halogens is 1. The molecule has 0 aliphatic heterocycles. The number of nitrogens with zero attached hydrogens (tertiary/aromatic N) is 1. The molecule has 0 unspecified atom stereocenters. The Labute approximate surface area is 137 Å². The number of fused-ring (bicyclic) bond motifs is 1. The van der Waals surface area contributed by atoms with E-state index in [4.69, 9.17) is 11.6 Å². The van der Waals surface area contributed by atoms with Crippen LogP contribution < -0.4 is 10.6 Å². The highest BCUT2D eigenvalue weighted by Crippen LogP contribution is 2.30. The van der Waals surface area contributed by atoms with Gasteiger partial charge in [0.05, 0.1) is 9.72 Å². The van der Waals surface area contributed by atoms with E-state index in [1.165, 1.54) is 16.9 Å². The normalized spacial score (nSPS) is 10.6. The summed E-state index contributed by atoms with van der Waals surface area (Å²) < 4.78 is 0.951. The third-order valence-corrected chi connectivity index (χ3v) is 4.37. The van der Waals surface area contributed by atoms with Crippen LogP contribution in [0.25, 0.3) is 10.2 Å². The molecule has 0 aliphatic carbocycles. The molecular formula is C16H14ClN3OS. The molecule has 4 nitrogen and oxygen atoms in total. The molecule has 3 rings (SSSR count). The Morgan fingerprint density at radius 3 is 2.73 bits per heavy atom. The van der Waals surface area contributed by atoms with Crippen LogP contribution in [0.1, 0.15) is 5.56 Å². The molecule has 1 heterocycles. The molecule has 112 valence electrons. The van der Waals surface area contributed by atoms with E-state index in [-0.39, 0.29) is 6.03 Å². The summed E-state index contributed by atoms with van der Waals surface area (Å²) in [6, 6.07) is 15.3. The summed E-state index contributed by atoms with van der Waals surface area (Å²) in [5.74, 6) is 0. The van der Waals surface area contributed by atoms with Crippen molar-refractivity contribution in [1.82, 2.24) is 10.3 Å². The number of benzene rings is 2. The third kappa shape index (κ3) is 3.55. The van der Waals surface area contributed by atoms with Crippen molar-refractivity contribution in [3.63, 3.8) is 0 Å². The molecule has 22 heavy (non-hydrogen) atoms. The molecule has 1 aromatic heterocycles. The van der Waals surface area contributed by atoms with Gasteiger partial charge in [-0.05, 0) is 24.1 Å². The van der Waals surface area contributed by atoms with Crippen LogP contribution in [-0.2, 0) is 6.42 Å². The van der Waals surface area contributed by atoms with Gasteiger partial charge in [-0.1, -0.05) is 59.3 Å². The van der Waals surface area contributed by atoms with Crippen molar-refractivity contribution < 1.29 is 4.79 Å². The second kappa shape index (κ2) is 6.77. The second-order valence-electron chi connectivity index (χ2n) is 4.72. The number of aromatic nitrogens is 1. The number of hydrogen-bond acceptors (Lipinski definition) is 3. The van der Waals surface area contributed by atoms with Gasteiger partial charge in [-0.25, -0.2) is 9.78 Å². The molecule has 0 saturated heterocycles. The van der Waals surface area contributed by atoms with Gasteiger partial charge < -0.3 is 5.32 Å². The van der Waals surface area contributed by atoms with Gasteiger partial charge in [0.2, 0.25) is 0 Å². The van der Waals surface area contributed by atoms with E-state index in [0.717, 1.165) is 11.1 Å². The van der Waals surface area contributed by atoms with Crippen molar-refractivity contribution in [3.05, 3.63) is 59.1 Å². The maximum atomic E-state index is 11.9. The highest BCUT2D eigenvalue weighted by Gasteiger charge is 2.09. The lowest BCUT2D eigenvalue weighted by Crippen LogP contribution is -2.30. The largest absolute Gasteiger partial charge is 0.337 e. The first-order valence-corrected chi connectivity index (χ1v) is 8.05. The maximum Gasteiger partial charge on any atom is 0.321 e. The van der Waals surface area contributed by atoms with Crippen LogP contribution in [0.15, 0.2) is 48.5 Å². The van der Waals surface area contributed by atoms with E-state index >= 15 is 0 Å². The third-order valence-electron chi connectivity index (χ3n) is 3.13. The van der Waals surface area contributed by atoms with Gasteiger partial charge in [-0.15, -0.1) is 0 Å². The van der Waals surface area contributed by atoms with Crippen LogP contribution in [0.5, 0.6) is 0 Å². The molecule has 2 N–H and O–H groups in total. The van der Waals surface area contributed by atoms with Crippen LogP contribution in [0.3, 0.4) is 0 Å². The highest BCUT2D eigenvalue weighted by atomic mass is 35.5. The van der Waals surface area contributed by atoms with Crippen molar-refractivity contribution in [2.45, 2.75) is 6.42 Å². The Bertz CT molecular complexity index is 788. The van der Waals surface area contributed by atoms with Crippen LogP contribution in [0, 0.1) is 0 Å². The molecule has 0 bridgehead atoms. The molecule has 0 spiro atoms. The van der Waals surface area contributed by atoms with Crippen molar-refractivity contribution in [1.29, 1.82) is 0 Å². The molecule has 3 aromatic rings. The fraction of sp³-hybridized carbons (Fsp3) is 0.125. The zero-order valence-corrected chi connectivity index (χ0v) is 13.2. The minimum Gasteiger partial charge on any atom is -0.337 e. The Morgan fingerprint density at radius 1 is 1.14 bits per heavy atom. The van der Waals surface area contributed by atoms with E-state index in [9.17, 15) is 4.79 Å². The van der Waals surface area contributed by atoms with Gasteiger partial charge in [0.15, 0.2) is 5.13 Å². The van der Waals surface area contributed by atoms with E-state index in [2.05, 4.69) is 15.6 Å². The lowest BCUT2D eigenvalue weighted by Gasteiger charge is -2.05. The van der Waals surface area contributed by atoms with E-state index < -0.39 is 0 Å². The van der Waals surface area contributed by atoms with Gasteiger partial charge in [-0.2, -0.15) is 0 Å². The Balaban J connectivity index is 1.55. The van der Waals surface area contributed by atoms with Crippen molar-refractivity contribution in [2.75, 3.05) is 11.9 Å². The van der Waals surface area contributed by atoms with Crippen molar-refractivity contribution in [3.8, 4) is 0 Å². The van der Waals surface area contributed by atoms with E-state index in [1.807, 2.05) is 42.5 Å². The number of thiazole rings is 1. The molecule has 6 heteroatoms. The molecule has 0 radical (unpaired) electrons. The lowest BCUT2D eigenvalue weighted by molar-refractivity contribution is 0.252. The fourth-order valence-corrected chi connectivity index (χ4v) is 3.24. The fourth-order valence-electron chi connectivity index (χ4n) is 2.07. The van der Waals surface area contributed by atoms with Crippen LogP contribution in [0.4, 0.5) is 9.93 Å². The smallest absolute Gasteiger partial charge is 0.321 e. The Morgan fingerprint density at radius 2 is 1.95 bits per heavy atom. The van der Waals surface area contributed by atoms with E-state index in [0.29, 0.717) is 22.2 Å². The quantitative estimate of drug-likeness (QED) is 0.748. The van der Waals surface area contributed by atoms with Crippen LogP contribution in [-0.4, -0.2) is 17.6 Å². The predicted octanol–water partition coefficient (Wildman–Crippen LogP) is 4.31. The number of rotatable bonds is 4. The van der Waals surface area contributed by atoms with Crippen LogP contribution in [0.2, 0.25) is 5.02 Å². The molecule has 0 atom stereocenters. The van der Waals surface area contributed by atoms with E-state index in [1.54, 1.807) is 6.07 Å². The first-order chi connectivity index (χ1) is 10.7. The average molecular weight is 332 g/mol. The summed E-state index contributed by atoms with van der Waals surface area (Å²) in [6.07, 6.45) is 0.792. The SMILES string of the molecule is O=C(NCCc1ccccc1)Nc1nc2c(Cl)cccc2s1. The number of anilines is 1. The first kappa shape index (κ1) is 14.8. The zero-order valence-electron chi connectivity index (χ0n) is 11.7. The number of nitrogens with one attached hydrogen (secondary N) is 2. The average Bonchev–Trinajstić information content (AvgIpc) is 2.92. The number of amides is 2. The van der Waals surface area contributed by atoms with Gasteiger partial charge in [0.25, 0.3) is 0 Å². The minimum absolute atomic E-state index is 0.258. The molecule has 2 aromatic carbocycles. The standard InChI is InChI=1S/C16H14ClN3OS/c17-12-7-4-8-13-14(12)19-16(22-13)20-15(21)18-10-9-11-5-2-1-3-6-11/h1-8H,9-10H2,(H2,18,19,20,21). The highest BCUT2D eigenvalue weighted by molar-refractivity contribution is 7.22. The molecule has 0 aliphatic rings. The van der Waals surface area contributed by atoms with Gasteiger partial charge >= 0.3 is 6.03 Å². The summed E-state index contributed by atoms with van der Waals surface area (Å²) >= 11 is 7.48. The van der Waals surface area contributed by atoms with Gasteiger partial charge in [0.1, 0.15) is 5.52 Å². The summed E-state index contributed by atoms with van der Waals surface area (Å²) in [5.41, 5.74) is 1.91. The topological polar surface area (TPSA) is 54.0 Å². The molecule has 0 saturated carbocycles. The molecule has 2 amide bonds. The number of hydrogen-bond donors (Lipinski definition) is 2. The summed E-state index contributed by atoms with van der Waals surface area (Å²) in [7, 11) is 0. The second-order valence-corrected chi connectivity index (χ2v) is 6.16. The Hall–Kier alpha value is -2.11. The lowest BCUT2D eigenvalue weighted by atomic mass is 10.1. The van der Waals surface area contributed by atoms with Gasteiger partial charge in [-0.3, -0.25) is 5.32 Å². The summed E-state index contributed by atoms with van der Waals surface area (Å²) in [6.45, 7) is 0.571. The monoisotopic (exact) mass is 331 g/mol. The predicted molar refractivity (Wildman–Crippen MR) is 91.8 cm³/mol. The Kier molecular flexibility index (Phi) is 4.56. The molecule has 0 fully saturated rings. The first-order valence-electron chi connectivity index (χ1n) is 6.86. The number of urea groups is 1. The zero-order chi connectivity index (χ0) is 15.4. The van der Waals surface area contributed by atoms with Crippen molar-refractivity contribution in [2.24, 2.45) is 0 Å². The van der Waals surface area contributed by atoms with Gasteiger partial charge in [0, 0.05) is 6.54 Å². The minimum atomic E-state index is -0.258.